The highest BCUT2D eigenvalue weighted by Crippen LogP contribution is 2.26. The topological polar surface area (TPSA) is 59.6 Å². The lowest BCUT2D eigenvalue weighted by molar-refractivity contribution is -0.114. The minimum absolute atomic E-state index is 0.0808. The van der Waals surface area contributed by atoms with Gasteiger partial charge in [-0.05, 0) is 18.2 Å². The van der Waals surface area contributed by atoms with Gasteiger partial charge in [0, 0.05) is 29.6 Å². The Morgan fingerprint density at radius 2 is 1.61 bits per heavy atom. The van der Waals surface area contributed by atoms with Crippen molar-refractivity contribution in [3.05, 3.63) is 46.4 Å². The largest absolute Gasteiger partial charge is 0.497 e. The molecule has 0 atom stereocenters. The summed E-state index contributed by atoms with van der Waals surface area (Å²) in [5.41, 5.74) is 1.29. The lowest BCUT2D eigenvalue weighted by Gasteiger charge is -2.11. The van der Waals surface area contributed by atoms with Crippen LogP contribution in [-0.2, 0) is 4.79 Å². The summed E-state index contributed by atoms with van der Waals surface area (Å²) in [5, 5.41) is 6.63. The smallest absolute Gasteiger partial charge is 0.243 e. The molecule has 0 aliphatic carbocycles. The second kappa shape index (κ2) is 7.94. The second-order valence-corrected chi connectivity index (χ2v) is 5.45. The minimum Gasteiger partial charge on any atom is -0.497 e. The number of rotatable bonds is 6. The van der Waals surface area contributed by atoms with Crippen LogP contribution in [0.25, 0.3) is 0 Å². The van der Waals surface area contributed by atoms with E-state index >= 15 is 0 Å². The number of hydrogen-bond acceptors (Lipinski definition) is 4. The average molecular weight is 355 g/mol. The molecule has 0 aliphatic rings. The average Bonchev–Trinajstić information content (AvgIpc) is 2.55. The van der Waals surface area contributed by atoms with Gasteiger partial charge in [-0.2, -0.15) is 0 Å². The number of ether oxygens (including phenoxy) is 2. The molecule has 2 aromatic rings. The predicted octanol–water partition coefficient (Wildman–Crippen LogP) is 4.06. The van der Waals surface area contributed by atoms with E-state index in [1.165, 1.54) is 0 Å². The molecule has 2 rings (SSSR count). The van der Waals surface area contributed by atoms with Crippen molar-refractivity contribution < 1.29 is 14.3 Å². The first kappa shape index (κ1) is 17.2. The summed E-state index contributed by atoms with van der Waals surface area (Å²) < 4.78 is 10.3. The Balaban J connectivity index is 1.97. The first-order chi connectivity index (χ1) is 11.0. The number of halogens is 2. The van der Waals surface area contributed by atoms with Crippen molar-refractivity contribution in [3.63, 3.8) is 0 Å². The molecule has 2 N–H and O–H groups in total. The zero-order chi connectivity index (χ0) is 16.8. The van der Waals surface area contributed by atoms with E-state index in [0.717, 1.165) is 0 Å². The lowest BCUT2D eigenvalue weighted by atomic mass is 10.2. The molecule has 122 valence electrons. The Bertz CT molecular complexity index is 685. The van der Waals surface area contributed by atoms with Crippen molar-refractivity contribution >= 4 is 40.5 Å². The van der Waals surface area contributed by atoms with E-state index in [1.54, 1.807) is 50.6 Å². The molecule has 0 heterocycles. The first-order valence-corrected chi connectivity index (χ1v) is 7.49. The number of benzene rings is 2. The van der Waals surface area contributed by atoms with Gasteiger partial charge in [-0.3, -0.25) is 4.79 Å². The van der Waals surface area contributed by atoms with E-state index < -0.39 is 0 Å². The standard InChI is InChI=1S/C16H16Cl2N2O3/c1-22-12-5-11(6-13(8-12)23-2)20-16(21)9-19-10-3-4-14(17)15(18)7-10/h3-8,19H,9H2,1-2H3,(H,20,21). The van der Waals surface area contributed by atoms with Crippen LogP contribution < -0.4 is 20.1 Å². The van der Waals surface area contributed by atoms with E-state index in [4.69, 9.17) is 32.7 Å². The fourth-order valence-electron chi connectivity index (χ4n) is 1.87. The molecule has 0 saturated heterocycles. The molecule has 0 bridgehead atoms. The number of methoxy groups -OCH3 is 2. The van der Waals surface area contributed by atoms with Crippen molar-refractivity contribution in [2.24, 2.45) is 0 Å². The first-order valence-electron chi connectivity index (χ1n) is 6.73. The maximum atomic E-state index is 12.0. The summed E-state index contributed by atoms with van der Waals surface area (Å²) in [5.74, 6) is 0.973. The third-order valence-corrected chi connectivity index (χ3v) is 3.75. The van der Waals surface area contributed by atoms with Crippen LogP contribution in [-0.4, -0.2) is 26.7 Å². The molecule has 2 aromatic carbocycles. The number of carbonyl (C=O) groups excluding carboxylic acids is 1. The van der Waals surface area contributed by atoms with E-state index in [-0.39, 0.29) is 12.5 Å². The fourth-order valence-corrected chi connectivity index (χ4v) is 2.17. The fraction of sp³-hybridized carbons (Fsp3) is 0.188. The molecule has 0 fully saturated rings. The molecule has 7 heteroatoms. The zero-order valence-electron chi connectivity index (χ0n) is 12.7. The number of amides is 1. The maximum Gasteiger partial charge on any atom is 0.243 e. The lowest BCUT2D eigenvalue weighted by Crippen LogP contribution is -2.21. The van der Waals surface area contributed by atoms with Crippen LogP contribution in [0.3, 0.4) is 0 Å². The van der Waals surface area contributed by atoms with Crippen LogP contribution in [0.5, 0.6) is 11.5 Å². The normalized spacial score (nSPS) is 10.1. The van der Waals surface area contributed by atoms with Gasteiger partial charge < -0.3 is 20.1 Å². The Morgan fingerprint density at radius 3 is 2.17 bits per heavy atom. The molecule has 0 unspecified atom stereocenters. The van der Waals surface area contributed by atoms with Gasteiger partial charge >= 0.3 is 0 Å². The Hall–Kier alpha value is -2.11. The van der Waals surface area contributed by atoms with Gasteiger partial charge in [0.15, 0.2) is 0 Å². The van der Waals surface area contributed by atoms with Crippen LogP contribution in [0.15, 0.2) is 36.4 Å². The van der Waals surface area contributed by atoms with Gasteiger partial charge in [0.2, 0.25) is 5.91 Å². The van der Waals surface area contributed by atoms with Gasteiger partial charge in [0.1, 0.15) is 11.5 Å². The van der Waals surface area contributed by atoms with Gasteiger partial charge in [-0.15, -0.1) is 0 Å². The number of anilines is 2. The predicted molar refractivity (Wildman–Crippen MR) is 93.1 cm³/mol. The number of carbonyl (C=O) groups is 1. The van der Waals surface area contributed by atoms with Gasteiger partial charge in [-0.25, -0.2) is 0 Å². The van der Waals surface area contributed by atoms with E-state index in [1.807, 2.05) is 0 Å². The third kappa shape index (κ3) is 4.94. The summed E-state index contributed by atoms with van der Waals surface area (Å²) in [4.78, 5) is 12.0. The molecule has 0 spiro atoms. The highest BCUT2D eigenvalue weighted by molar-refractivity contribution is 6.42. The molecule has 5 nitrogen and oxygen atoms in total. The molecule has 0 saturated carbocycles. The SMILES string of the molecule is COc1cc(NC(=O)CNc2ccc(Cl)c(Cl)c2)cc(OC)c1. The van der Waals surface area contributed by atoms with Crippen LogP contribution in [0, 0.1) is 0 Å². The quantitative estimate of drug-likeness (QED) is 0.820. The Labute approximate surface area is 144 Å². The molecular formula is C16H16Cl2N2O3. The highest BCUT2D eigenvalue weighted by atomic mass is 35.5. The molecule has 0 aliphatic heterocycles. The van der Waals surface area contributed by atoms with Gasteiger partial charge in [0.05, 0.1) is 30.8 Å². The van der Waals surface area contributed by atoms with E-state index in [9.17, 15) is 4.79 Å². The van der Waals surface area contributed by atoms with Crippen LogP contribution >= 0.6 is 23.2 Å². The van der Waals surface area contributed by atoms with E-state index in [0.29, 0.717) is 32.9 Å². The van der Waals surface area contributed by atoms with Crippen LogP contribution in [0.2, 0.25) is 10.0 Å². The number of hydrogen-bond donors (Lipinski definition) is 2. The highest BCUT2D eigenvalue weighted by Gasteiger charge is 2.07. The van der Waals surface area contributed by atoms with Crippen molar-refractivity contribution in [1.29, 1.82) is 0 Å². The van der Waals surface area contributed by atoms with E-state index in [2.05, 4.69) is 10.6 Å². The van der Waals surface area contributed by atoms with Gasteiger partial charge in [-0.1, -0.05) is 23.2 Å². The van der Waals surface area contributed by atoms with Crippen LogP contribution in [0.4, 0.5) is 11.4 Å². The molecule has 1 amide bonds. The third-order valence-electron chi connectivity index (χ3n) is 3.01. The molecule has 0 aromatic heterocycles. The molecular weight excluding hydrogens is 339 g/mol. The maximum absolute atomic E-state index is 12.0. The van der Waals surface area contributed by atoms with Crippen LogP contribution in [0.1, 0.15) is 0 Å². The Kier molecular flexibility index (Phi) is 5.96. The summed E-state index contributed by atoms with van der Waals surface area (Å²) in [6, 6.07) is 10.2. The van der Waals surface area contributed by atoms with Crippen molar-refractivity contribution in [2.75, 3.05) is 31.4 Å². The summed E-state index contributed by atoms with van der Waals surface area (Å²) in [6.45, 7) is 0.0808. The van der Waals surface area contributed by atoms with Crippen molar-refractivity contribution in [1.82, 2.24) is 0 Å². The summed E-state index contributed by atoms with van der Waals surface area (Å²) in [6.07, 6.45) is 0. The van der Waals surface area contributed by atoms with Gasteiger partial charge in [0.25, 0.3) is 0 Å². The molecule has 0 radical (unpaired) electrons. The second-order valence-electron chi connectivity index (χ2n) is 4.63. The number of nitrogens with one attached hydrogen (secondary N) is 2. The van der Waals surface area contributed by atoms with Crippen molar-refractivity contribution in [3.8, 4) is 11.5 Å². The minimum atomic E-state index is -0.216. The summed E-state index contributed by atoms with van der Waals surface area (Å²) >= 11 is 11.8. The zero-order valence-corrected chi connectivity index (χ0v) is 14.2. The Morgan fingerprint density at radius 1 is 0.957 bits per heavy atom. The summed E-state index contributed by atoms with van der Waals surface area (Å²) in [7, 11) is 3.10. The van der Waals surface area contributed by atoms with Crippen molar-refractivity contribution in [2.45, 2.75) is 0 Å². The monoisotopic (exact) mass is 354 g/mol. The molecule has 23 heavy (non-hydrogen) atoms.